The molecule has 0 aromatic carbocycles. The predicted molar refractivity (Wildman–Crippen MR) is 67.1 cm³/mol. The molecule has 0 aliphatic heterocycles. The Morgan fingerprint density at radius 1 is 1.47 bits per heavy atom. The molecule has 1 unspecified atom stereocenters. The summed E-state index contributed by atoms with van der Waals surface area (Å²) in [4.78, 5) is 9.54. The van der Waals surface area contributed by atoms with E-state index in [0.717, 1.165) is 12.6 Å². The Bertz CT molecular complexity index is 369. The number of hydrogen-bond donors (Lipinski definition) is 2. The smallest absolute Gasteiger partial charge is 0.239 e. The molecule has 0 aliphatic rings. The highest BCUT2D eigenvalue weighted by Crippen LogP contribution is 2.20. The van der Waals surface area contributed by atoms with Gasteiger partial charge in [0.05, 0.1) is 6.20 Å². The van der Waals surface area contributed by atoms with Crippen molar-refractivity contribution < 1.29 is 4.39 Å². The van der Waals surface area contributed by atoms with E-state index in [1.165, 1.54) is 0 Å². The van der Waals surface area contributed by atoms with Crippen molar-refractivity contribution in [3.05, 3.63) is 12.0 Å². The lowest BCUT2D eigenvalue weighted by Gasteiger charge is -2.27. The summed E-state index contributed by atoms with van der Waals surface area (Å²) in [5.41, 5.74) is 2.31. The maximum Gasteiger partial charge on any atom is 0.239 e. The largest absolute Gasteiger partial charge is 0.354 e. The monoisotopic (exact) mass is 241 g/mol. The van der Waals surface area contributed by atoms with Crippen molar-refractivity contribution in [2.75, 3.05) is 17.4 Å². The van der Waals surface area contributed by atoms with Crippen LogP contribution in [0.2, 0.25) is 0 Å². The second-order valence-corrected chi connectivity index (χ2v) is 4.60. The molecule has 0 amide bonds. The van der Waals surface area contributed by atoms with Crippen LogP contribution in [0.5, 0.6) is 0 Å². The summed E-state index contributed by atoms with van der Waals surface area (Å²) < 4.78 is 13.6. The van der Waals surface area contributed by atoms with E-state index in [-0.39, 0.29) is 17.8 Å². The fourth-order valence-corrected chi connectivity index (χ4v) is 1.72. The summed E-state index contributed by atoms with van der Waals surface area (Å²) in [6.45, 7) is 6.30. The van der Waals surface area contributed by atoms with Gasteiger partial charge in [0.2, 0.25) is 5.95 Å². The molecule has 0 radical (unpaired) electrons. The van der Waals surface area contributed by atoms with Gasteiger partial charge in [0.1, 0.15) is 0 Å². The number of halogens is 1. The maximum atomic E-state index is 13.6. The van der Waals surface area contributed by atoms with Gasteiger partial charge in [-0.3, -0.25) is 5.43 Å². The van der Waals surface area contributed by atoms with Gasteiger partial charge in [0.15, 0.2) is 11.6 Å². The fraction of sp³-hybridized carbons (Fsp3) is 0.636. The van der Waals surface area contributed by atoms with Crippen LogP contribution in [0.25, 0.3) is 0 Å². The molecule has 0 saturated carbocycles. The maximum absolute atomic E-state index is 13.6. The lowest BCUT2D eigenvalue weighted by atomic mass is 10.0. The van der Waals surface area contributed by atoms with Crippen molar-refractivity contribution >= 4 is 11.8 Å². The Hall–Kier alpha value is -1.43. The van der Waals surface area contributed by atoms with E-state index in [1.54, 1.807) is 4.90 Å². The average molecular weight is 241 g/mol. The van der Waals surface area contributed by atoms with Crippen LogP contribution in [-0.4, -0.2) is 23.1 Å². The molecule has 0 fully saturated rings. The molecule has 96 valence electrons. The van der Waals surface area contributed by atoms with Crippen LogP contribution in [0, 0.1) is 11.7 Å². The van der Waals surface area contributed by atoms with Crippen LogP contribution in [-0.2, 0) is 0 Å². The quantitative estimate of drug-likeness (QED) is 0.607. The lowest BCUT2D eigenvalue weighted by molar-refractivity contribution is 0.494. The number of nitrogen functional groups attached to an aromatic ring is 1. The Morgan fingerprint density at radius 2 is 2.12 bits per heavy atom. The van der Waals surface area contributed by atoms with Gasteiger partial charge in [0, 0.05) is 13.1 Å². The van der Waals surface area contributed by atoms with Crippen LogP contribution in [0.3, 0.4) is 0 Å². The molecule has 1 rings (SSSR count). The van der Waals surface area contributed by atoms with Crippen LogP contribution < -0.4 is 16.2 Å². The fourth-order valence-electron chi connectivity index (χ4n) is 1.72. The number of anilines is 2. The van der Waals surface area contributed by atoms with Crippen molar-refractivity contribution in [2.45, 2.75) is 33.2 Å². The minimum Gasteiger partial charge on any atom is -0.354 e. The van der Waals surface area contributed by atoms with Crippen LogP contribution in [0.1, 0.15) is 27.2 Å². The summed E-state index contributed by atoms with van der Waals surface area (Å²) in [7, 11) is 1.82. The van der Waals surface area contributed by atoms with Crippen LogP contribution in [0.15, 0.2) is 6.20 Å². The van der Waals surface area contributed by atoms with Gasteiger partial charge in [-0.05, 0) is 19.3 Å². The first kappa shape index (κ1) is 13.6. The van der Waals surface area contributed by atoms with Gasteiger partial charge in [-0.2, -0.15) is 4.98 Å². The van der Waals surface area contributed by atoms with Crippen molar-refractivity contribution in [1.29, 1.82) is 0 Å². The van der Waals surface area contributed by atoms with Gasteiger partial charge in [0.25, 0.3) is 0 Å². The van der Waals surface area contributed by atoms with Gasteiger partial charge >= 0.3 is 0 Å². The van der Waals surface area contributed by atoms with Crippen molar-refractivity contribution in [3.8, 4) is 0 Å². The summed E-state index contributed by atoms with van der Waals surface area (Å²) in [5, 5.41) is 0. The number of nitrogens with two attached hydrogens (primary N) is 1. The Kier molecular flexibility index (Phi) is 4.62. The molecule has 17 heavy (non-hydrogen) atoms. The van der Waals surface area contributed by atoms with Crippen molar-refractivity contribution in [2.24, 2.45) is 11.8 Å². The third-order valence-electron chi connectivity index (χ3n) is 2.66. The van der Waals surface area contributed by atoms with Crippen LogP contribution >= 0.6 is 0 Å². The highest BCUT2D eigenvalue weighted by atomic mass is 19.1. The molecule has 6 heteroatoms. The number of rotatable bonds is 5. The highest BCUT2D eigenvalue weighted by Gasteiger charge is 2.17. The topological polar surface area (TPSA) is 67.1 Å². The SMILES string of the molecule is CC(C)CC(C)N(C)c1nc(NN)ncc1F. The molecule has 1 atom stereocenters. The normalized spacial score (nSPS) is 12.6. The van der Waals surface area contributed by atoms with Crippen LogP contribution in [0.4, 0.5) is 16.2 Å². The molecule has 0 saturated heterocycles. The van der Waals surface area contributed by atoms with E-state index in [0.29, 0.717) is 5.92 Å². The summed E-state index contributed by atoms with van der Waals surface area (Å²) in [5.74, 6) is 5.79. The Morgan fingerprint density at radius 3 is 2.65 bits per heavy atom. The lowest BCUT2D eigenvalue weighted by Crippen LogP contribution is -2.32. The van der Waals surface area contributed by atoms with E-state index >= 15 is 0 Å². The minimum atomic E-state index is -0.442. The average Bonchev–Trinajstić information content (AvgIpc) is 2.28. The molecule has 0 spiro atoms. The third-order valence-corrected chi connectivity index (χ3v) is 2.66. The summed E-state index contributed by atoms with van der Waals surface area (Å²) in [6, 6.07) is 0.199. The zero-order valence-corrected chi connectivity index (χ0v) is 10.7. The molecule has 1 aromatic rings. The molecule has 5 nitrogen and oxygen atoms in total. The molecule has 1 aromatic heterocycles. The van der Waals surface area contributed by atoms with E-state index in [4.69, 9.17) is 5.84 Å². The van der Waals surface area contributed by atoms with Gasteiger partial charge in [-0.15, -0.1) is 0 Å². The first-order valence-electron chi connectivity index (χ1n) is 5.67. The summed E-state index contributed by atoms with van der Waals surface area (Å²) >= 11 is 0. The number of nitrogens with one attached hydrogen (secondary N) is 1. The van der Waals surface area contributed by atoms with Gasteiger partial charge in [-0.25, -0.2) is 15.2 Å². The highest BCUT2D eigenvalue weighted by molar-refractivity contribution is 5.43. The van der Waals surface area contributed by atoms with E-state index < -0.39 is 5.82 Å². The second kappa shape index (κ2) is 5.77. The minimum absolute atomic E-state index is 0.199. The zero-order valence-electron chi connectivity index (χ0n) is 10.7. The molecular weight excluding hydrogens is 221 g/mol. The Balaban J connectivity index is 2.90. The van der Waals surface area contributed by atoms with E-state index in [9.17, 15) is 4.39 Å². The third kappa shape index (κ3) is 3.52. The van der Waals surface area contributed by atoms with Crippen molar-refractivity contribution in [3.63, 3.8) is 0 Å². The predicted octanol–water partition coefficient (Wildman–Crippen LogP) is 1.77. The van der Waals surface area contributed by atoms with E-state index in [1.807, 2.05) is 14.0 Å². The number of hydrazine groups is 1. The summed E-state index contributed by atoms with van der Waals surface area (Å²) in [6.07, 6.45) is 2.08. The first-order chi connectivity index (χ1) is 7.95. The first-order valence-corrected chi connectivity index (χ1v) is 5.67. The molecule has 0 bridgehead atoms. The number of nitrogens with zero attached hydrogens (tertiary/aromatic N) is 3. The number of aromatic nitrogens is 2. The van der Waals surface area contributed by atoms with Crippen molar-refractivity contribution in [1.82, 2.24) is 9.97 Å². The number of hydrogen-bond acceptors (Lipinski definition) is 5. The molecule has 0 aliphatic carbocycles. The Labute approximate surface area is 101 Å². The van der Waals surface area contributed by atoms with Gasteiger partial charge < -0.3 is 4.90 Å². The molecular formula is C11H20FN5. The second-order valence-electron chi connectivity index (χ2n) is 4.60. The molecule has 1 heterocycles. The standard InChI is InChI=1S/C11H20FN5/c1-7(2)5-8(3)17(4)10-9(12)6-14-11(15-10)16-13/h6-8H,5,13H2,1-4H3,(H,14,15,16). The zero-order chi connectivity index (χ0) is 13.0. The van der Waals surface area contributed by atoms with Gasteiger partial charge in [-0.1, -0.05) is 13.8 Å². The van der Waals surface area contributed by atoms with E-state index in [2.05, 4.69) is 29.2 Å². The molecule has 3 N–H and O–H groups in total.